The number of thiophene rings is 1. The van der Waals surface area contributed by atoms with Crippen molar-refractivity contribution >= 4 is 21.4 Å². The Morgan fingerprint density at radius 2 is 2.00 bits per heavy atom. The van der Waals surface area contributed by atoms with Crippen molar-refractivity contribution in [2.75, 3.05) is 19.6 Å². The summed E-state index contributed by atoms with van der Waals surface area (Å²) in [6.45, 7) is 5.87. The molecule has 3 heterocycles. The Balaban J connectivity index is 1.79. The third kappa shape index (κ3) is 4.31. The van der Waals surface area contributed by atoms with E-state index in [-0.39, 0.29) is 10.9 Å². The van der Waals surface area contributed by atoms with Crippen LogP contribution in [0, 0.1) is 13.8 Å². The van der Waals surface area contributed by atoms with Crippen LogP contribution in [0.25, 0.3) is 0 Å². The van der Waals surface area contributed by atoms with E-state index < -0.39 is 10.0 Å². The highest BCUT2D eigenvalue weighted by atomic mass is 32.2. The molecule has 1 unspecified atom stereocenters. The summed E-state index contributed by atoms with van der Waals surface area (Å²) in [5, 5.41) is 8.82. The highest BCUT2D eigenvalue weighted by Gasteiger charge is 2.27. The maximum absolute atomic E-state index is 12.8. The average Bonchev–Trinajstić information content (AvgIpc) is 3.11. The molecular weight excluding hydrogens is 356 g/mol. The molecule has 0 amide bonds. The fraction of sp³-hybridized carbons (Fsp3) is 0.588. The summed E-state index contributed by atoms with van der Waals surface area (Å²) < 4.78 is 28.4. The minimum absolute atomic E-state index is 0.0837. The first kappa shape index (κ1) is 18.6. The smallest absolute Gasteiger partial charge is 0.244 e. The summed E-state index contributed by atoms with van der Waals surface area (Å²) in [5.41, 5.74) is 1.08. The van der Waals surface area contributed by atoms with E-state index in [1.54, 1.807) is 25.2 Å². The highest BCUT2D eigenvalue weighted by Crippen LogP contribution is 2.28. The number of aryl methyl sites for hydroxylation is 2. The van der Waals surface area contributed by atoms with Crippen molar-refractivity contribution in [1.82, 2.24) is 19.8 Å². The van der Waals surface area contributed by atoms with Crippen LogP contribution < -0.4 is 4.72 Å². The molecule has 1 aliphatic heterocycles. The molecule has 25 heavy (non-hydrogen) atoms. The SMILES string of the molecule is Cc1n[nH]c(C)c1S(=O)(=O)NCC(c1cccs1)N1CCCCCC1. The largest absolute Gasteiger partial charge is 0.294 e. The maximum atomic E-state index is 12.8. The van der Waals surface area contributed by atoms with Gasteiger partial charge in [-0.3, -0.25) is 10.00 Å². The Bertz CT molecular complexity index is 756. The number of hydrogen-bond donors (Lipinski definition) is 2. The van der Waals surface area contributed by atoms with Gasteiger partial charge in [-0.1, -0.05) is 18.9 Å². The second-order valence-corrected chi connectivity index (χ2v) is 9.28. The molecule has 0 saturated carbocycles. The van der Waals surface area contributed by atoms with Crippen LogP contribution >= 0.6 is 11.3 Å². The quantitative estimate of drug-likeness (QED) is 0.805. The van der Waals surface area contributed by atoms with Crippen molar-refractivity contribution in [3.63, 3.8) is 0 Å². The fourth-order valence-electron chi connectivity index (χ4n) is 3.49. The van der Waals surface area contributed by atoms with E-state index in [2.05, 4.69) is 31.3 Å². The number of nitrogens with zero attached hydrogens (tertiary/aromatic N) is 2. The molecule has 138 valence electrons. The number of hydrogen-bond acceptors (Lipinski definition) is 5. The first-order valence-electron chi connectivity index (χ1n) is 8.78. The number of rotatable bonds is 6. The molecule has 0 radical (unpaired) electrons. The van der Waals surface area contributed by atoms with Gasteiger partial charge in [-0.15, -0.1) is 11.3 Å². The molecule has 6 nitrogen and oxygen atoms in total. The van der Waals surface area contributed by atoms with Gasteiger partial charge >= 0.3 is 0 Å². The molecule has 2 aromatic heterocycles. The Hall–Kier alpha value is -1.22. The molecule has 1 atom stereocenters. The van der Waals surface area contributed by atoms with Crippen LogP contribution in [-0.2, 0) is 10.0 Å². The predicted octanol–water partition coefficient (Wildman–Crippen LogP) is 2.98. The molecule has 2 N–H and O–H groups in total. The molecular formula is C17H26N4O2S2. The fourth-order valence-corrected chi connectivity index (χ4v) is 5.76. The molecule has 0 spiro atoms. The highest BCUT2D eigenvalue weighted by molar-refractivity contribution is 7.89. The van der Waals surface area contributed by atoms with Gasteiger partial charge in [0.2, 0.25) is 10.0 Å². The first-order valence-corrected chi connectivity index (χ1v) is 11.1. The maximum Gasteiger partial charge on any atom is 0.244 e. The van der Waals surface area contributed by atoms with Crippen LogP contribution in [-0.4, -0.2) is 43.1 Å². The zero-order valence-electron chi connectivity index (χ0n) is 14.8. The minimum Gasteiger partial charge on any atom is -0.294 e. The Kier molecular flexibility index (Phi) is 5.93. The summed E-state index contributed by atoms with van der Waals surface area (Å²) in [7, 11) is -3.58. The monoisotopic (exact) mass is 382 g/mol. The van der Waals surface area contributed by atoms with Crippen LogP contribution in [0.1, 0.15) is 48.0 Å². The molecule has 0 aromatic carbocycles. The number of aromatic amines is 1. The number of sulfonamides is 1. The minimum atomic E-state index is -3.58. The van der Waals surface area contributed by atoms with E-state index in [0.29, 0.717) is 17.9 Å². The predicted molar refractivity (Wildman–Crippen MR) is 100 cm³/mol. The van der Waals surface area contributed by atoms with Crippen molar-refractivity contribution in [2.24, 2.45) is 0 Å². The summed E-state index contributed by atoms with van der Waals surface area (Å²) in [6, 6.07) is 4.22. The van der Waals surface area contributed by atoms with Gasteiger partial charge in [0, 0.05) is 11.4 Å². The molecule has 1 aliphatic rings. The van der Waals surface area contributed by atoms with E-state index in [4.69, 9.17) is 0 Å². The van der Waals surface area contributed by atoms with Gasteiger partial charge in [-0.2, -0.15) is 5.10 Å². The lowest BCUT2D eigenvalue weighted by atomic mass is 10.2. The summed E-state index contributed by atoms with van der Waals surface area (Å²) >= 11 is 1.69. The lowest BCUT2D eigenvalue weighted by Crippen LogP contribution is -2.38. The number of H-pyrrole nitrogens is 1. The van der Waals surface area contributed by atoms with Crippen LogP contribution in [0.3, 0.4) is 0 Å². The van der Waals surface area contributed by atoms with Gasteiger partial charge in [0.1, 0.15) is 4.90 Å². The summed E-state index contributed by atoms with van der Waals surface area (Å²) in [5.74, 6) is 0. The average molecular weight is 383 g/mol. The molecule has 1 saturated heterocycles. The Morgan fingerprint density at radius 3 is 2.56 bits per heavy atom. The second-order valence-electron chi connectivity index (χ2n) is 6.60. The third-order valence-corrected chi connectivity index (χ3v) is 7.41. The zero-order chi connectivity index (χ0) is 17.9. The van der Waals surface area contributed by atoms with Gasteiger partial charge < -0.3 is 0 Å². The van der Waals surface area contributed by atoms with Gasteiger partial charge in [-0.25, -0.2) is 13.1 Å². The zero-order valence-corrected chi connectivity index (χ0v) is 16.4. The van der Waals surface area contributed by atoms with E-state index in [0.717, 1.165) is 13.1 Å². The van der Waals surface area contributed by atoms with Gasteiger partial charge in [0.15, 0.2) is 0 Å². The van der Waals surface area contributed by atoms with Crippen LogP contribution in [0.2, 0.25) is 0 Å². The topological polar surface area (TPSA) is 78.1 Å². The lowest BCUT2D eigenvalue weighted by Gasteiger charge is -2.30. The molecule has 2 aromatic rings. The van der Waals surface area contributed by atoms with Crippen molar-refractivity contribution in [2.45, 2.75) is 50.5 Å². The Labute approximate surface area is 153 Å². The molecule has 0 bridgehead atoms. The normalized spacial score (nSPS) is 18.2. The van der Waals surface area contributed by atoms with Gasteiger partial charge in [0.05, 0.1) is 17.4 Å². The van der Waals surface area contributed by atoms with Crippen molar-refractivity contribution in [1.29, 1.82) is 0 Å². The second kappa shape index (κ2) is 7.99. The van der Waals surface area contributed by atoms with Crippen molar-refractivity contribution < 1.29 is 8.42 Å². The van der Waals surface area contributed by atoms with E-state index in [1.165, 1.54) is 30.6 Å². The van der Waals surface area contributed by atoms with Crippen molar-refractivity contribution in [3.8, 4) is 0 Å². The standard InChI is InChI=1S/C17H26N4O2S2/c1-13-17(14(2)20-19-13)25(22,23)18-12-15(16-8-7-11-24-16)21-9-5-3-4-6-10-21/h7-8,11,15,18H,3-6,9-10,12H2,1-2H3,(H,19,20). The van der Waals surface area contributed by atoms with E-state index in [1.807, 2.05) is 6.07 Å². The number of aromatic nitrogens is 2. The first-order chi connectivity index (χ1) is 12.0. The molecule has 8 heteroatoms. The van der Waals surface area contributed by atoms with E-state index >= 15 is 0 Å². The van der Waals surface area contributed by atoms with Crippen LogP contribution in [0.5, 0.6) is 0 Å². The Morgan fingerprint density at radius 1 is 1.28 bits per heavy atom. The summed E-state index contributed by atoms with van der Waals surface area (Å²) in [4.78, 5) is 3.91. The lowest BCUT2D eigenvalue weighted by molar-refractivity contribution is 0.209. The molecule has 3 rings (SSSR count). The third-order valence-electron chi connectivity index (χ3n) is 4.75. The van der Waals surface area contributed by atoms with Crippen LogP contribution in [0.4, 0.5) is 0 Å². The molecule has 0 aliphatic carbocycles. The van der Waals surface area contributed by atoms with Gasteiger partial charge in [-0.05, 0) is 51.2 Å². The van der Waals surface area contributed by atoms with E-state index in [9.17, 15) is 8.42 Å². The number of likely N-dealkylation sites (tertiary alicyclic amines) is 1. The number of nitrogens with one attached hydrogen (secondary N) is 2. The molecule has 1 fully saturated rings. The van der Waals surface area contributed by atoms with Crippen LogP contribution in [0.15, 0.2) is 22.4 Å². The summed E-state index contributed by atoms with van der Waals surface area (Å²) in [6.07, 6.45) is 4.86. The van der Waals surface area contributed by atoms with Crippen molar-refractivity contribution in [3.05, 3.63) is 33.8 Å². The van der Waals surface area contributed by atoms with Gasteiger partial charge in [0.25, 0.3) is 0 Å².